The summed E-state index contributed by atoms with van der Waals surface area (Å²) in [5, 5.41) is 4.67. The van der Waals surface area contributed by atoms with Crippen LogP contribution < -0.4 is 10.6 Å². The molecule has 4 nitrogen and oxygen atoms in total. The molecule has 0 bridgehead atoms. The van der Waals surface area contributed by atoms with Gasteiger partial charge in [0.2, 0.25) is 0 Å². The van der Waals surface area contributed by atoms with Crippen molar-refractivity contribution in [3.63, 3.8) is 0 Å². The molecule has 1 unspecified atom stereocenters. The Bertz CT molecular complexity index is 499. The Morgan fingerprint density at radius 2 is 1.82 bits per heavy atom. The van der Waals surface area contributed by atoms with Crippen molar-refractivity contribution in [1.29, 1.82) is 0 Å². The van der Waals surface area contributed by atoms with Crippen LogP contribution in [0.5, 0.6) is 0 Å². The van der Waals surface area contributed by atoms with E-state index in [1.807, 2.05) is 5.32 Å². The number of alkyl halides is 3. The highest BCUT2D eigenvalue weighted by Crippen LogP contribution is 2.32. The molecule has 122 valence electrons. The zero-order valence-corrected chi connectivity index (χ0v) is 12.2. The van der Waals surface area contributed by atoms with Crippen LogP contribution in [0.25, 0.3) is 0 Å². The van der Waals surface area contributed by atoms with Gasteiger partial charge in [-0.15, -0.1) is 0 Å². The maximum absolute atomic E-state index is 13.2. The average Bonchev–Trinajstić information content (AvgIpc) is 2.45. The summed E-state index contributed by atoms with van der Waals surface area (Å²) < 4.78 is 44.7. The summed E-state index contributed by atoms with van der Waals surface area (Å²) >= 11 is 0. The van der Waals surface area contributed by atoms with Crippen molar-refractivity contribution >= 4 is 6.03 Å². The van der Waals surface area contributed by atoms with Crippen LogP contribution in [0, 0.1) is 0 Å². The second-order valence-electron chi connectivity index (χ2n) is 5.66. The minimum absolute atomic E-state index is 0.00211. The number of benzene rings is 1. The van der Waals surface area contributed by atoms with Crippen LogP contribution in [0.2, 0.25) is 0 Å². The number of amides is 2. The summed E-state index contributed by atoms with van der Waals surface area (Å²) in [5.41, 5.74) is -0.544. The molecule has 0 saturated carbocycles. The van der Waals surface area contributed by atoms with Crippen molar-refractivity contribution in [2.45, 2.75) is 37.5 Å². The molecule has 1 heterocycles. The van der Waals surface area contributed by atoms with E-state index in [9.17, 15) is 18.0 Å². The van der Waals surface area contributed by atoms with Gasteiger partial charge < -0.3 is 15.4 Å². The molecule has 0 spiro atoms. The molecule has 22 heavy (non-hydrogen) atoms. The number of ether oxygens (including phenoxy) is 1. The molecule has 2 amide bonds. The van der Waals surface area contributed by atoms with Gasteiger partial charge in [0.15, 0.2) is 6.04 Å². The van der Waals surface area contributed by atoms with Gasteiger partial charge in [-0.2, -0.15) is 13.2 Å². The Kier molecular flexibility index (Phi) is 4.95. The summed E-state index contributed by atoms with van der Waals surface area (Å²) in [6, 6.07) is 4.47. The molecule has 1 saturated heterocycles. The first-order valence-corrected chi connectivity index (χ1v) is 7.08. The third-order valence-corrected chi connectivity index (χ3v) is 3.75. The zero-order valence-electron chi connectivity index (χ0n) is 12.2. The molecular weight excluding hydrogens is 297 g/mol. The number of hydrogen-bond donors (Lipinski definition) is 2. The first-order chi connectivity index (χ1) is 10.3. The topological polar surface area (TPSA) is 50.4 Å². The van der Waals surface area contributed by atoms with Gasteiger partial charge in [0.05, 0.1) is 0 Å². The lowest BCUT2D eigenvalue weighted by molar-refractivity contribution is -0.155. The number of rotatable bonds is 3. The Hall–Kier alpha value is -1.76. The fraction of sp³-hybridized carbons (Fsp3) is 0.533. The Labute approximate surface area is 127 Å². The molecule has 1 fully saturated rings. The highest BCUT2D eigenvalue weighted by atomic mass is 19.4. The van der Waals surface area contributed by atoms with E-state index in [1.165, 1.54) is 24.3 Å². The second kappa shape index (κ2) is 6.56. The molecule has 2 rings (SSSR count). The van der Waals surface area contributed by atoms with Crippen molar-refractivity contribution in [1.82, 2.24) is 10.6 Å². The fourth-order valence-corrected chi connectivity index (χ4v) is 2.39. The highest BCUT2D eigenvalue weighted by Gasteiger charge is 2.42. The van der Waals surface area contributed by atoms with Crippen LogP contribution in [0.3, 0.4) is 0 Å². The summed E-state index contributed by atoms with van der Waals surface area (Å²) in [4.78, 5) is 12.0. The number of hydrogen-bond acceptors (Lipinski definition) is 2. The molecule has 0 aliphatic carbocycles. The van der Waals surface area contributed by atoms with Gasteiger partial charge in [-0.3, -0.25) is 0 Å². The van der Waals surface area contributed by atoms with Gasteiger partial charge >= 0.3 is 12.2 Å². The first kappa shape index (κ1) is 16.6. The molecule has 1 aliphatic heterocycles. The molecule has 2 N–H and O–H groups in total. The number of carbonyl (C=O) groups is 1. The SMILES string of the molecule is CC1(NC(=O)NC(c2ccccc2)C(F)(F)F)CCOCC1. The van der Waals surface area contributed by atoms with E-state index in [0.717, 1.165) is 0 Å². The largest absolute Gasteiger partial charge is 0.412 e. The van der Waals surface area contributed by atoms with Crippen molar-refractivity contribution < 1.29 is 22.7 Å². The Balaban J connectivity index is 2.06. The second-order valence-corrected chi connectivity index (χ2v) is 5.66. The summed E-state index contributed by atoms with van der Waals surface area (Å²) in [7, 11) is 0. The molecule has 7 heteroatoms. The highest BCUT2D eigenvalue weighted by molar-refractivity contribution is 5.75. The maximum Gasteiger partial charge on any atom is 0.412 e. The maximum atomic E-state index is 13.2. The lowest BCUT2D eigenvalue weighted by Crippen LogP contribution is -2.54. The minimum Gasteiger partial charge on any atom is -0.381 e. The zero-order chi connectivity index (χ0) is 16.2. The fourth-order valence-electron chi connectivity index (χ4n) is 2.39. The normalized spacial score (nSPS) is 19.3. The van der Waals surface area contributed by atoms with Crippen molar-refractivity contribution in [2.24, 2.45) is 0 Å². The van der Waals surface area contributed by atoms with E-state index < -0.39 is 23.8 Å². The van der Waals surface area contributed by atoms with Gasteiger partial charge in [0.1, 0.15) is 0 Å². The third kappa shape index (κ3) is 4.37. The Morgan fingerprint density at radius 3 is 2.36 bits per heavy atom. The van der Waals surface area contributed by atoms with Gasteiger partial charge in [0.25, 0.3) is 0 Å². The van der Waals surface area contributed by atoms with E-state index in [1.54, 1.807) is 13.0 Å². The Morgan fingerprint density at radius 1 is 1.23 bits per heavy atom. The molecule has 1 aromatic carbocycles. The molecule has 1 atom stereocenters. The predicted octanol–water partition coefficient (Wildman–Crippen LogP) is 3.16. The number of carbonyl (C=O) groups excluding carboxylic acids is 1. The van der Waals surface area contributed by atoms with E-state index in [-0.39, 0.29) is 5.56 Å². The number of nitrogens with one attached hydrogen (secondary N) is 2. The molecule has 0 aromatic heterocycles. The van der Waals surface area contributed by atoms with Crippen LogP contribution in [0.15, 0.2) is 30.3 Å². The van der Waals surface area contributed by atoms with Gasteiger partial charge in [0, 0.05) is 18.8 Å². The van der Waals surface area contributed by atoms with Gasteiger partial charge in [-0.05, 0) is 25.3 Å². The number of urea groups is 1. The van der Waals surface area contributed by atoms with Crippen molar-refractivity contribution in [3.05, 3.63) is 35.9 Å². The molecule has 1 aromatic rings. The quantitative estimate of drug-likeness (QED) is 0.900. The lowest BCUT2D eigenvalue weighted by Gasteiger charge is -2.35. The van der Waals surface area contributed by atoms with Gasteiger partial charge in [-0.1, -0.05) is 30.3 Å². The molecule has 1 aliphatic rings. The van der Waals surface area contributed by atoms with E-state index in [0.29, 0.717) is 26.1 Å². The average molecular weight is 316 g/mol. The smallest absolute Gasteiger partial charge is 0.381 e. The summed E-state index contributed by atoms with van der Waals surface area (Å²) in [5.74, 6) is 0. The predicted molar refractivity (Wildman–Crippen MR) is 75.4 cm³/mol. The van der Waals surface area contributed by atoms with Crippen LogP contribution in [-0.4, -0.2) is 31.0 Å². The third-order valence-electron chi connectivity index (χ3n) is 3.75. The van der Waals surface area contributed by atoms with Crippen LogP contribution in [0.4, 0.5) is 18.0 Å². The monoisotopic (exact) mass is 316 g/mol. The molecular formula is C15H19F3N2O2. The van der Waals surface area contributed by atoms with E-state index in [4.69, 9.17) is 4.74 Å². The van der Waals surface area contributed by atoms with E-state index in [2.05, 4.69) is 5.32 Å². The molecule has 0 radical (unpaired) electrons. The summed E-state index contributed by atoms with van der Waals surface area (Å²) in [6.07, 6.45) is -3.42. The van der Waals surface area contributed by atoms with Crippen LogP contribution >= 0.6 is 0 Å². The van der Waals surface area contributed by atoms with E-state index >= 15 is 0 Å². The van der Waals surface area contributed by atoms with Crippen molar-refractivity contribution in [3.8, 4) is 0 Å². The lowest BCUT2D eigenvalue weighted by atomic mass is 9.93. The van der Waals surface area contributed by atoms with Crippen LogP contribution in [-0.2, 0) is 4.74 Å². The minimum atomic E-state index is -4.56. The first-order valence-electron chi connectivity index (χ1n) is 7.08. The standard InChI is InChI=1S/C15H19F3N2O2/c1-14(7-9-22-10-8-14)20-13(21)19-12(15(16,17)18)11-5-3-2-4-6-11/h2-6,12H,7-10H2,1H3,(H2,19,20,21). The number of halogens is 3. The van der Waals surface area contributed by atoms with Crippen LogP contribution in [0.1, 0.15) is 31.4 Å². The summed E-state index contributed by atoms with van der Waals surface area (Å²) in [6.45, 7) is 2.77. The van der Waals surface area contributed by atoms with Crippen molar-refractivity contribution in [2.75, 3.05) is 13.2 Å². The van der Waals surface area contributed by atoms with Gasteiger partial charge in [-0.25, -0.2) is 4.79 Å².